The molecule has 1 N–H and O–H groups in total. The van der Waals surface area contributed by atoms with Gasteiger partial charge >= 0.3 is 6.18 Å². The van der Waals surface area contributed by atoms with Gasteiger partial charge in [0, 0.05) is 29.3 Å². The highest BCUT2D eigenvalue weighted by Gasteiger charge is 2.44. The van der Waals surface area contributed by atoms with Crippen LogP contribution in [0.15, 0.2) is 0 Å². The summed E-state index contributed by atoms with van der Waals surface area (Å²) in [7, 11) is 0. The quantitative estimate of drug-likeness (QED) is 0.893. The van der Waals surface area contributed by atoms with Crippen LogP contribution in [0.5, 0.6) is 0 Å². The summed E-state index contributed by atoms with van der Waals surface area (Å²) >= 11 is 1.72. The number of nitrogens with zero attached hydrogens (tertiary/aromatic N) is 3. The first-order valence-electron chi connectivity index (χ1n) is 7.02. The van der Waals surface area contributed by atoms with E-state index in [-0.39, 0.29) is 18.1 Å². The molecule has 0 aromatic carbocycles. The molecule has 2 unspecified atom stereocenters. The number of thioether (sulfide) groups is 1. The minimum Gasteiger partial charge on any atom is -0.335 e. The number of aryl methyl sites for hydroxylation is 1. The molecule has 3 heterocycles. The molecule has 1 aromatic rings. The average molecular weight is 334 g/mol. The molecule has 22 heavy (non-hydrogen) atoms. The molecule has 5 nitrogen and oxygen atoms in total. The third-order valence-corrected chi connectivity index (χ3v) is 5.15. The standard InChI is InChI=1S/C13H17F3N4OS/c1-7-10(8(2)20(18-7)6-13(14,15)16)11-17-12(21)9-5-22-4-3-19(9)11/h9,11H,3-6H2,1-2H3,(H,17,21). The Balaban J connectivity index is 1.93. The average Bonchev–Trinajstić information content (AvgIpc) is 2.87. The highest BCUT2D eigenvalue weighted by molar-refractivity contribution is 7.99. The number of halogens is 3. The lowest BCUT2D eigenvalue weighted by Crippen LogP contribution is -2.41. The first-order chi connectivity index (χ1) is 10.3. The zero-order chi connectivity index (χ0) is 16.1. The van der Waals surface area contributed by atoms with E-state index in [0.29, 0.717) is 17.0 Å². The summed E-state index contributed by atoms with van der Waals surface area (Å²) in [6, 6.07) is -0.200. The Morgan fingerprint density at radius 1 is 1.41 bits per heavy atom. The van der Waals surface area contributed by atoms with Gasteiger partial charge in [-0.15, -0.1) is 0 Å². The number of amides is 1. The lowest BCUT2D eigenvalue weighted by Gasteiger charge is -2.31. The summed E-state index contributed by atoms with van der Waals surface area (Å²) in [5, 5.41) is 6.93. The van der Waals surface area contributed by atoms with Crippen LogP contribution >= 0.6 is 11.8 Å². The second-order valence-electron chi connectivity index (χ2n) is 5.60. The molecule has 9 heteroatoms. The highest BCUT2D eigenvalue weighted by atomic mass is 32.2. The van der Waals surface area contributed by atoms with Gasteiger partial charge < -0.3 is 5.32 Å². The zero-order valence-electron chi connectivity index (χ0n) is 12.3. The Bertz CT molecular complexity index is 601. The Morgan fingerprint density at radius 2 is 2.14 bits per heavy atom. The summed E-state index contributed by atoms with van der Waals surface area (Å²) < 4.78 is 38.9. The molecule has 2 aliphatic heterocycles. The summed E-state index contributed by atoms with van der Waals surface area (Å²) in [6.45, 7) is 2.94. The molecule has 0 aliphatic carbocycles. The number of nitrogens with one attached hydrogen (secondary N) is 1. The number of fused-ring (bicyclic) bond motifs is 1. The fourth-order valence-electron chi connectivity index (χ4n) is 3.13. The van der Waals surface area contributed by atoms with Crippen molar-refractivity contribution in [1.29, 1.82) is 0 Å². The van der Waals surface area contributed by atoms with Crippen molar-refractivity contribution in [3.63, 3.8) is 0 Å². The Kier molecular flexibility index (Phi) is 3.88. The number of carbonyl (C=O) groups is 1. The third-order valence-electron chi connectivity index (χ3n) is 4.12. The molecule has 2 aliphatic rings. The first kappa shape index (κ1) is 15.7. The minimum absolute atomic E-state index is 0.0560. The molecule has 0 radical (unpaired) electrons. The van der Waals surface area contributed by atoms with Crippen LogP contribution in [0.25, 0.3) is 0 Å². The molecular formula is C13H17F3N4OS. The maximum Gasteiger partial charge on any atom is 0.408 e. The van der Waals surface area contributed by atoms with Crippen LogP contribution in [0.2, 0.25) is 0 Å². The van der Waals surface area contributed by atoms with Crippen molar-refractivity contribution >= 4 is 17.7 Å². The molecule has 1 aromatic heterocycles. The Labute approximate surface area is 130 Å². The second-order valence-corrected chi connectivity index (χ2v) is 6.75. The van der Waals surface area contributed by atoms with Gasteiger partial charge in [0.05, 0.1) is 5.69 Å². The van der Waals surface area contributed by atoms with Gasteiger partial charge in [-0.05, 0) is 13.8 Å². The number of hydrogen-bond donors (Lipinski definition) is 1. The zero-order valence-corrected chi connectivity index (χ0v) is 13.1. The maximum absolute atomic E-state index is 12.6. The van der Waals surface area contributed by atoms with Gasteiger partial charge in [-0.3, -0.25) is 14.4 Å². The van der Waals surface area contributed by atoms with Gasteiger partial charge in [-0.2, -0.15) is 30.0 Å². The van der Waals surface area contributed by atoms with Crippen LogP contribution < -0.4 is 5.32 Å². The lowest BCUT2D eigenvalue weighted by atomic mass is 10.1. The van der Waals surface area contributed by atoms with Gasteiger partial charge in [-0.1, -0.05) is 0 Å². The number of carbonyl (C=O) groups excluding carboxylic acids is 1. The van der Waals surface area contributed by atoms with E-state index in [1.54, 1.807) is 25.6 Å². The van der Waals surface area contributed by atoms with E-state index < -0.39 is 12.7 Å². The summed E-state index contributed by atoms with van der Waals surface area (Å²) in [5.41, 5.74) is 1.68. The van der Waals surface area contributed by atoms with Crippen molar-refractivity contribution < 1.29 is 18.0 Å². The van der Waals surface area contributed by atoms with Crippen LogP contribution in [0, 0.1) is 13.8 Å². The van der Waals surface area contributed by atoms with E-state index in [4.69, 9.17) is 0 Å². The smallest absolute Gasteiger partial charge is 0.335 e. The molecule has 0 saturated carbocycles. The van der Waals surface area contributed by atoms with Crippen LogP contribution in [-0.4, -0.2) is 50.9 Å². The molecule has 0 spiro atoms. The lowest BCUT2D eigenvalue weighted by molar-refractivity contribution is -0.143. The number of hydrogen-bond acceptors (Lipinski definition) is 4. The van der Waals surface area contributed by atoms with E-state index >= 15 is 0 Å². The molecule has 2 atom stereocenters. The highest BCUT2D eigenvalue weighted by Crippen LogP contribution is 2.34. The van der Waals surface area contributed by atoms with Crippen molar-refractivity contribution in [2.45, 2.75) is 38.8 Å². The van der Waals surface area contributed by atoms with Gasteiger partial charge in [-0.25, -0.2) is 0 Å². The van der Waals surface area contributed by atoms with Crippen LogP contribution in [0.1, 0.15) is 23.1 Å². The van der Waals surface area contributed by atoms with Gasteiger partial charge in [0.2, 0.25) is 5.91 Å². The monoisotopic (exact) mass is 334 g/mol. The largest absolute Gasteiger partial charge is 0.408 e. The Hall–Kier alpha value is -1.22. The van der Waals surface area contributed by atoms with Crippen LogP contribution in [-0.2, 0) is 11.3 Å². The van der Waals surface area contributed by atoms with Gasteiger partial charge in [0.15, 0.2) is 0 Å². The third kappa shape index (κ3) is 2.71. The normalized spacial score (nSPS) is 26.1. The predicted molar refractivity (Wildman–Crippen MR) is 76.5 cm³/mol. The van der Waals surface area contributed by atoms with Gasteiger partial charge in [0.25, 0.3) is 0 Å². The van der Waals surface area contributed by atoms with Crippen molar-refractivity contribution in [1.82, 2.24) is 20.0 Å². The molecule has 2 fully saturated rings. The van der Waals surface area contributed by atoms with E-state index in [9.17, 15) is 18.0 Å². The second kappa shape index (κ2) is 5.45. The first-order valence-corrected chi connectivity index (χ1v) is 8.18. The summed E-state index contributed by atoms with van der Waals surface area (Å²) in [5.74, 6) is 1.58. The van der Waals surface area contributed by atoms with Crippen molar-refractivity contribution in [3.05, 3.63) is 17.0 Å². The number of rotatable bonds is 2. The topological polar surface area (TPSA) is 50.2 Å². The molecule has 122 valence electrons. The Morgan fingerprint density at radius 3 is 2.82 bits per heavy atom. The van der Waals surface area contributed by atoms with E-state index in [2.05, 4.69) is 10.4 Å². The molecule has 0 bridgehead atoms. The summed E-state index contributed by atoms with van der Waals surface area (Å²) in [4.78, 5) is 14.1. The molecule has 2 saturated heterocycles. The minimum atomic E-state index is -4.32. The van der Waals surface area contributed by atoms with Crippen LogP contribution in [0.3, 0.4) is 0 Å². The molecule has 1 amide bonds. The predicted octanol–water partition coefficient (Wildman–Crippen LogP) is 1.61. The fraction of sp³-hybridized carbons (Fsp3) is 0.692. The number of alkyl halides is 3. The molecular weight excluding hydrogens is 317 g/mol. The van der Waals surface area contributed by atoms with Crippen molar-refractivity contribution in [3.8, 4) is 0 Å². The SMILES string of the molecule is Cc1nn(CC(F)(F)F)c(C)c1C1NC(=O)C2CSCCN21. The van der Waals surface area contributed by atoms with Crippen molar-refractivity contribution in [2.75, 3.05) is 18.1 Å². The molecule has 3 rings (SSSR count). The van der Waals surface area contributed by atoms with Crippen molar-refractivity contribution in [2.24, 2.45) is 0 Å². The maximum atomic E-state index is 12.6. The van der Waals surface area contributed by atoms with Crippen LogP contribution in [0.4, 0.5) is 13.2 Å². The van der Waals surface area contributed by atoms with Gasteiger partial charge in [0.1, 0.15) is 18.8 Å². The fourth-order valence-corrected chi connectivity index (χ4v) is 4.21. The summed E-state index contributed by atoms with van der Waals surface area (Å²) in [6.07, 6.45) is -4.69. The van der Waals surface area contributed by atoms with E-state index in [1.807, 2.05) is 4.90 Å². The van der Waals surface area contributed by atoms with E-state index in [1.165, 1.54) is 0 Å². The van der Waals surface area contributed by atoms with E-state index in [0.717, 1.165) is 22.7 Å². The number of aromatic nitrogens is 2.